The van der Waals surface area contributed by atoms with Gasteiger partial charge in [-0.25, -0.2) is 0 Å². The highest BCUT2D eigenvalue weighted by molar-refractivity contribution is 6.22. The number of ketones is 2. The van der Waals surface area contributed by atoms with Crippen LogP contribution in [-0.4, -0.2) is 16.1 Å². The molecule has 0 saturated heterocycles. The average Bonchev–Trinajstić information content (AvgIpc) is 2.47. The fraction of sp³-hybridized carbons (Fsp3) is 0.429. The second-order valence-electron chi connectivity index (χ2n) is 5.55. The van der Waals surface area contributed by atoms with Gasteiger partial charge in [-0.1, -0.05) is 20.8 Å². The van der Waals surface area contributed by atoms with Crippen LogP contribution >= 0.6 is 0 Å². The number of fused-ring (bicyclic) bond motifs is 1. The minimum atomic E-state index is -0.142. The molecule has 0 saturated carbocycles. The lowest BCUT2D eigenvalue weighted by molar-refractivity contribution is 0.0988. The summed E-state index contributed by atoms with van der Waals surface area (Å²) in [5.74, 6) is -0.145. The Bertz CT molecular complexity index is 554. The summed E-state index contributed by atoms with van der Waals surface area (Å²) in [5.41, 5.74) is 2.95. The molecule has 1 aromatic rings. The van der Waals surface area contributed by atoms with Crippen LogP contribution in [0.1, 0.15) is 52.9 Å². The summed E-state index contributed by atoms with van der Waals surface area (Å²) in [4.78, 5) is 23.9. The van der Waals surface area contributed by atoms with Crippen molar-refractivity contribution in [2.45, 2.75) is 33.1 Å². The van der Waals surface area contributed by atoms with E-state index in [1.165, 1.54) is 12.2 Å². The van der Waals surface area contributed by atoms with E-state index in [1.54, 1.807) is 0 Å². The first-order chi connectivity index (χ1) is 7.75. The molecule has 0 fully saturated rings. The quantitative estimate of drug-likeness (QED) is 0.688. The highest BCUT2D eigenvalue weighted by atomic mass is 16.1. The van der Waals surface area contributed by atoms with E-state index in [2.05, 4.69) is 20.8 Å². The topological polar surface area (TPSA) is 39.1 Å². The van der Waals surface area contributed by atoms with Crippen molar-refractivity contribution in [3.63, 3.8) is 0 Å². The van der Waals surface area contributed by atoms with E-state index in [0.29, 0.717) is 11.3 Å². The van der Waals surface area contributed by atoms with E-state index in [0.717, 1.165) is 11.3 Å². The largest absolute Gasteiger partial charge is 0.344 e. The van der Waals surface area contributed by atoms with Crippen molar-refractivity contribution in [1.82, 2.24) is 4.57 Å². The number of hydrogen-bond acceptors (Lipinski definition) is 2. The van der Waals surface area contributed by atoms with Crippen molar-refractivity contribution < 1.29 is 9.59 Å². The van der Waals surface area contributed by atoms with Gasteiger partial charge in [-0.3, -0.25) is 9.59 Å². The highest BCUT2D eigenvalue weighted by Gasteiger charge is 2.33. The SMILES string of the molecule is Cc1c(C(C)(C)C)c2c(n1C)C(=O)C=CC2=O. The van der Waals surface area contributed by atoms with Crippen molar-refractivity contribution in [2.75, 3.05) is 0 Å². The molecule has 0 unspecified atom stereocenters. The first kappa shape index (κ1) is 11.8. The molecule has 1 heterocycles. The predicted octanol–water partition coefficient (Wildman–Crippen LogP) is 2.57. The molecule has 0 spiro atoms. The van der Waals surface area contributed by atoms with Crippen LogP contribution in [0, 0.1) is 6.92 Å². The summed E-state index contributed by atoms with van der Waals surface area (Å²) in [5, 5.41) is 0. The van der Waals surface area contributed by atoms with Gasteiger partial charge in [0.25, 0.3) is 0 Å². The van der Waals surface area contributed by atoms with E-state index >= 15 is 0 Å². The molecule has 90 valence electrons. The zero-order valence-electron chi connectivity index (χ0n) is 10.9. The smallest absolute Gasteiger partial charge is 0.203 e. The fourth-order valence-electron chi connectivity index (χ4n) is 2.56. The second kappa shape index (κ2) is 3.42. The maximum Gasteiger partial charge on any atom is 0.203 e. The average molecular weight is 231 g/mol. The fourth-order valence-corrected chi connectivity index (χ4v) is 2.56. The number of aromatic nitrogens is 1. The molecule has 0 radical (unpaired) electrons. The molecule has 2 rings (SSSR count). The number of carbonyl (C=O) groups is 2. The van der Waals surface area contributed by atoms with Crippen LogP contribution in [-0.2, 0) is 12.5 Å². The van der Waals surface area contributed by atoms with Gasteiger partial charge < -0.3 is 4.57 Å². The van der Waals surface area contributed by atoms with Crippen LogP contribution in [0.15, 0.2) is 12.2 Å². The minimum Gasteiger partial charge on any atom is -0.344 e. The third-order valence-electron chi connectivity index (χ3n) is 3.30. The molecule has 0 aliphatic heterocycles. The van der Waals surface area contributed by atoms with E-state index in [1.807, 2.05) is 18.5 Å². The van der Waals surface area contributed by atoms with Crippen LogP contribution < -0.4 is 0 Å². The molecule has 1 aliphatic rings. The van der Waals surface area contributed by atoms with Crippen LogP contribution in [0.4, 0.5) is 0 Å². The third kappa shape index (κ3) is 1.57. The Morgan fingerprint density at radius 2 is 1.59 bits per heavy atom. The van der Waals surface area contributed by atoms with Gasteiger partial charge in [-0.05, 0) is 30.1 Å². The molecule has 17 heavy (non-hydrogen) atoms. The van der Waals surface area contributed by atoms with Gasteiger partial charge in [-0.15, -0.1) is 0 Å². The monoisotopic (exact) mass is 231 g/mol. The number of allylic oxidation sites excluding steroid dienone is 2. The van der Waals surface area contributed by atoms with Gasteiger partial charge in [-0.2, -0.15) is 0 Å². The highest BCUT2D eigenvalue weighted by Crippen LogP contribution is 2.35. The Labute approximate surface area is 101 Å². The molecule has 0 atom stereocenters. The Kier molecular flexibility index (Phi) is 2.38. The Morgan fingerprint density at radius 3 is 2.12 bits per heavy atom. The lowest BCUT2D eigenvalue weighted by Gasteiger charge is -2.21. The van der Waals surface area contributed by atoms with Crippen molar-refractivity contribution in [3.8, 4) is 0 Å². The van der Waals surface area contributed by atoms with Crippen molar-refractivity contribution in [1.29, 1.82) is 0 Å². The zero-order valence-corrected chi connectivity index (χ0v) is 10.9. The first-order valence-corrected chi connectivity index (χ1v) is 5.71. The van der Waals surface area contributed by atoms with Crippen LogP contribution in [0.2, 0.25) is 0 Å². The number of hydrogen-bond donors (Lipinski definition) is 0. The predicted molar refractivity (Wildman–Crippen MR) is 66.7 cm³/mol. The second-order valence-corrected chi connectivity index (χ2v) is 5.55. The summed E-state index contributed by atoms with van der Waals surface area (Å²) in [7, 11) is 1.84. The number of nitrogens with zero attached hydrogens (tertiary/aromatic N) is 1. The van der Waals surface area contributed by atoms with Crippen molar-refractivity contribution in [3.05, 3.63) is 34.7 Å². The van der Waals surface area contributed by atoms with Crippen LogP contribution in [0.25, 0.3) is 0 Å². The Balaban J connectivity index is 2.87. The lowest BCUT2D eigenvalue weighted by atomic mass is 9.81. The van der Waals surface area contributed by atoms with Gasteiger partial charge in [0.05, 0.1) is 5.56 Å². The standard InChI is InChI=1S/C14H17NO2/c1-8-12(14(2,3)4)11-9(16)6-7-10(17)13(11)15(8)5/h6-7H,1-5H3. The third-order valence-corrected chi connectivity index (χ3v) is 3.30. The molecular formula is C14H17NO2. The molecule has 1 aliphatic carbocycles. The normalized spacial score (nSPS) is 15.4. The van der Waals surface area contributed by atoms with Gasteiger partial charge in [0, 0.05) is 12.7 Å². The molecule has 0 bridgehead atoms. The van der Waals surface area contributed by atoms with E-state index in [9.17, 15) is 9.59 Å². The molecule has 0 aromatic carbocycles. The minimum absolute atomic E-state index is 0.0618. The summed E-state index contributed by atoms with van der Waals surface area (Å²) < 4.78 is 1.83. The van der Waals surface area contributed by atoms with Crippen molar-refractivity contribution in [2.24, 2.45) is 7.05 Å². The Hall–Kier alpha value is -1.64. The molecule has 0 N–H and O–H groups in total. The summed E-state index contributed by atoms with van der Waals surface area (Å²) in [6, 6.07) is 0. The lowest BCUT2D eigenvalue weighted by Crippen LogP contribution is -2.19. The summed E-state index contributed by atoms with van der Waals surface area (Å²) in [6.45, 7) is 8.14. The first-order valence-electron chi connectivity index (χ1n) is 5.71. The molecule has 0 amide bonds. The van der Waals surface area contributed by atoms with E-state index in [-0.39, 0.29) is 17.0 Å². The van der Waals surface area contributed by atoms with Crippen LogP contribution in [0.5, 0.6) is 0 Å². The molecular weight excluding hydrogens is 214 g/mol. The van der Waals surface area contributed by atoms with E-state index < -0.39 is 0 Å². The molecule has 3 heteroatoms. The van der Waals surface area contributed by atoms with Gasteiger partial charge in [0.1, 0.15) is 5.69 Å². The number of carbonyl (C=O) groups excluding carboxylic acids is 2. The van der Waals surface area contributed by atoms with Crippen LogP contribution in [0.3, 0.4) is 0 Å². The summed E-state index contributed by atoms with van der Waals surface area (Å²) in [6.07, 6.45) is 2.73. The van der Waals surface area contributed by atoms with Crippen molar-refractivity contribution >= 4 is 11.6 Å². The zero-order chi connectivity index (χ0) is 13.0. The number of rotatable bonds is 0. The maximum absolute atomic E-state index is 12.0. The van der Waals surface area contributed by atoms with Gasteiger partial charge in [0.15, 0.2) is 5.78 Å². The molecule has 3 nitrogen and oxygen atoms in total. The molecule has 1 aromatic heterocycles. The van der Waals surface area contributed by atoms with E-state index in [4.69, 9.17) is 0 Å². The Morgan fingerprint density at radius 1 is 1.06 bits per heavy atom. The van der Waals surface area contributed by atoms with Gasteiger partial charge in [0.2, 0.25) is 5.78 Å². The maximum atomic E-state index is 12.0. The summed E-state index contributed by atoms with van der Waals surface area (Å²) >= 11 is 0. The van der Waals surface area contributed by atoms with Gasteiger partial charge >= 0.3 is 0 Å².